The first-order chi connectivity index (χ1) is 10.8. The highest BCUT2D eigenvalue weighted by molar-refractivity contribution is 7.91. The first kappa shape index (κ1) is 16.4. The summed E-state index contributed by atoms with van der Waals surface area (Å²) in [7, 11) is -2.93. The van der Waals surface area contributed by atoms with E-state index in [4.69, 9.17) is 0 Å². The van der Waals surface area contributed by atoms with Gasteiger partial charge >= 0.3 is 0 Å². The van der Waals surface area contributed by atoms with Gasteiger partial charge in [0, 0.05) is 31.1 Å². The van der Waals surface area contributed by atoms with Crippen LogP contribution in [-0.4, -0.2) is 40.7 Å². The Balaban J connectivity index is 1.61. The largest absolute Gasteiger partial charge is 0.332 e. The number of nitrogens with zero attached hydrogens (tertiary/aromatic N) is 3. The Morgan fingerprint density at radius 3 is 2.83 bits per heavy atom. The standard InChI is InChI=1S/C16H23N3O3S/c1-11(2)5-15-17-7-13-8-19(9-14(13)18-15)16(20)6-12-3-4-23(21,22)10-12/h7,11-12H,3-6,8-10H2,1-2H3. The van der Waals surface area contributed by atoms with Gasteiger partial charge in [0.25, 0.3) is 0 Å². The maximum Gasteiger partial charge on any atom is 0.223 e. The van der Waals surface area contributed by atoms with Gasteiger partial charge in [-0.2, -0.15) is 0 Å². The number of amides is 1. The Bertz CT molecular complexity index is 715. The molecule has 3 rings (SSSR count). The van der Waals surface area contributed by atoms with Gasteiger partial charge < -0.3 is 4.90 Å². The smallest absolute Gasteiger partial charge is 0.223 e. The predicted octanol–water partition coefficient (Wildman–Crippen LogP) is 1.34. The third-order valence-corrected chi connectivity index (χ3v) is 6.28. The quantitative estimate of drug-likeness (QED) is 0.828. The fourth-order valence-electron chi connectivity index (χ4n) is 3.24. The van der Waals surface area contributed by atoms with Gasteiger partial charge in [-0.05, 0) is 18.3 Å². The number of sulfone groups is 1. The molecule has 0 aromatic carbocycles. The molecule has 23 heavy (non-hydrogen) atoms. The molecule has 0 spiro atoms. The van der Waals surface area contributed by atoms with Crippen molar-refractivity contribution in [1.29, 1.82) is 0 Å². The zero-order valence-electron chi connectivity index (χ0n) is 13.7. The first-order valence-electron chi connectivity index (χ1n) is 8.14. The molecule has 1 fully saturated rings. The minimum Gasteiger partial charge on any atom is -0.332 e. The van der Waals surface area contributed by atoms with E-state index in [9.17, 15) is 13.2 Å². The average molecular weight is 337 g/mol. The van der Waals surface area contributed by atoms with Crippen LogP contribution in [0.2, 0.25) is 0 Å². The van der Waals surface area contributed by atoms with Crippen LogP contribution in [0.15, 0.2) is 6.20 Å². The molecule has 7 heteroatoms. The van der Waals surface area contributed by atoms with Gasteiger partial charge in [0.2, 0.25) is 5.91 Å². The van der Waals surface area contributed by atoms with Gasteiger partial charge in [-0.15, -0.1) is 0 Å². The van der Waals surface area contributed by atoms with E-state index < -0.39 is 9.84 Å². The van der Waals surface area contributed by atoms with Crippen LogP contribution in [0.4, 0.5) is 0 Å². The molecule has 1 amide bonds. The molecule has 1 saturated heterocycles. The van der Waals surface area contributed by atoms with Crippen molar-refractivity contribution in [3.05, 3.63) is 23.3 Å². The summed E-state index contributed by atoms with van der Waals surface area (Å²) in [5.41, 5.74) is 1.94. The van der Waals surface area contributed by atoms with Crippen molar-refractivity contribution in [3.63, 3.8) is 0 Å². The van der Waals surface area contributed by atoms with E-state index in [0.717, 1.165) is 23.5 Å². The summed E-state index contributed by atoms with van der Waals surface area (Å²) in [6.45, 7) is 5.31. The molecule has 1 aromatic heterocycles. The fourth-order valence-corrected chi connectivity index (χ4v) is 5.11. The highest BCUT2D eigenvalue weighted by Gasteiger charge is 2.32. The Labute approximate surface area is 137 Å². The molecule has 0 radical (unpaired) electrons. The van der Waals surface area contributed by atoms with Crippen LogP contribution in [0.25, 0.3) is 0 Å². The van der Waals surface area contributed by atoms with Crippen LogP contribution in [0.3, 0.4) is 0 Å². The average Bonchev–Trinajstić information content (AvgIpc) is 3.01. The monoisotopic (exact) mass is 337 g/mol. The molecule has 1 atom stereocenters. The second-order valence-corrected chi connectivity index (χ2v) is 9.31. The third-order valence-electron chi connectivity index (χ3n) is 4.44. The van der Waals surface area contributed by atoms with E-state index in [-0.39, 0.29) is 23.3 Å². The van der Waals surface area contributed by atoms with Gasteiger partial charge in [0.1, 0.15) is 5.82 Å². The Morgan fingerprint density at radius 1 is 1.39 bits per heavy atom. The first-order valence-corrected chi connectivity index (χ1v) is 9.96. The number of aromatic nitrogens is 2. The van der Waals surface area contributed by atoms with Crippen molar-refractivity contribution < 1.29 is 13.2 Å². The third kappa shape index (κ3) is 3.88. The van der Waals surface area contributed by atoms with Crippen molar-refractivity contribution in [1.82, 2.24) is 14.9 Å². The minimum atomic E-state index is -2.93. The lowest BCUT2D eigenvalue weighted by atomic mass is 10.0. The highest BCUT2D eigenvalue weighted by atomic mass is 32.2. The summed E-state index contributed by atoms with van der Waals surface area (Å²) < 4.78 is 23.0. The van der Waals surface area contributed by atoms with Crippen LogP contribution in [-0.2, 0) is 34.1 Å². The molecule has 1 aromatic rings. The maximum absolute atomic E-state index is 12.4. The summed E-state index contributed by atoms with van der Waals surface area (Å²) in [4.78, 5) is 23.2. The van der Waals surface area contributed by atoms with E-state index in [1.807, 2.05) is 6.20 Å². The molecule has 6 nitrogen and oxygen atoms in total. The lowest BCUT2D eigenvalue weighted by molar-refractivity contribution is -0.132. The number of carbonyl (C=O) groups excluding carboxylic acids is 1. The van der Waals surface area contributed by atoms with E-state index in [1.54, 1.807) is 4.90 Å². The summed E-state index contributed by atoms with van der Waals surface area (Å²) in [6, 6.07) is 0. The molecular weight excluding hydrogens is 314 g/mol. The SMILES string of the molecule is CC(C)Cc1ncc2c(n1)CN(C(=O)CC1CCS(=O)(=O)C1)C2. The van der Waals surface area contributed by atoms with Gasteiger partial charge in [-0.3, -0.25) is 4.79 Å². The van der Waals surface area contributed by atoms with Crippen LogP contribution in [0.1, 0.15) is 43.8 Å². The number of fused-ring (bicyclic) bond motifs is 1. The maximum atomic E-state index is 12.4. The highest BCUT2D eigenvalue weighted by Crippen LogP contribution is 2.26. The molecular formula is C16H23N3O3S. The van der Waals surface area contributed by atoms with Crippen molar-refractivity contribution in [2.45, 2.75) is 46.2 Å². The van der Waals surface area contributed by atoms with Crippen LogP contribution in [0.5, 0.6) is 0 Å². The number of hydrogen-bond donors (Lipinski definition) is 0. The lowest BCUT2D eigenvalue weighted by Gasteiger charge is -2.17. The van der Waals surface area contributed by atoms with Gasteiger partial charge in [0.05, 0.1) is 23.7 Å². The van der Waals surface area contributed by atoms with E-state index >= 15 is 0 Å². The van der Waals surface area contributed by atoms with Crippen molar-refractivity contribution >= 4 is 15.7 Å². The van der Waals surface area contributed by atoms with E-state index in [0.29, 0.717) is 31.8 Å². The second kappa shape index (κ2) is 6.19. The van der Waals surface area contributed by atoms with Crippen LogP contribution in [0, 0.1) is 11.8 Å². The Hall–Kier alpha value is -1.50. The number of rotatable bonds is 4. The predicted molar refractivity (Wildman–Crippen MR) is 86.2 cm³/mol. The molecule has 3 heterocycles. The van der Waals surface area contributed by atoms with Gasteiger partial charge in [-0.25, -0.2) is 18.4 Å². The second-order valence-electron chi connectivity index (χ2n) is 7.08. The molecule has 2 aliphatic heterocycles. The normalized spacial score (nSPS) is 22.6. The molecule has 1 unspecified atom stereocenters. The Morgan fingerprint density at radius 2 is 2.17 bits per heavy atom. The van der Waals surface area contributed by atoms with Gasteiger partial charge in [0.15, 0.2) is 9.84 Å². The van der Waals surface area contributed by atoms with Crippen molar-refractivity contribution in [2.75, 3.05) is 11.5 Å². The zero-order valence-corrected chi connectivity index (χ0v) is 14.5. The summed E-state index contributed by atoms with van der Waals surface area (Å²) >= 11 is 0. The number of carbonyl (C=O) groups is 1. The molecule has 0 N–H and O–H groups in total. The van der Waals surface area contributed by atoms with E-state index in [1.165, 1.54) is 0 Å². The van der Waals surface area contributed by atoms with Crippen molar-refractivity contribution in [2.24, 2.45) is 11.8 Å². The topological polar surface area (TPSA) is 80.2 Å². The molecule has 0 bridgehead atoms. The van der Waals surface area contributed by atoms with E-state index in [2.05, 4.69) is 23.8 Å². The lowest BCUT2D eigenvalue weighted by Crippen LogP contribution is -2.27. The molecule has 0 aliphatic carbocycles. The summed E-state index contributed by atoms with van der Waals surface area (Å²) in [6.07, 6.45) is 3.58. The summed E-state index contributed by atoms with van der Waals surface area (Å²) in [5, 5.41) is 0. The molecule has 126 valence electrons. The minimum absolute atomic E-state index is 0.0236. The van der Waals surface area contributed by atoms with Gasteiger partial charge in [-0.1, -0.05) is 13.8 Å². The van der Waals surface area contributed by atoms with Crippen LogP contribution < -0.4 is 0 Å². The zero-order chi connectivity index (χ0) is 16.6. The molecule has 2 aliphatic rings. The Kier molecular flexibility index (Phi) is 4.40. The summed E-state index contributed by atoms with van der Waals surface area (Å²) in [5.74, 6) is 1.69. The van der Waals surface area contributed by atoms with Crippen LogP contribution >= 0.6 is 0 Å². The van der Waals surface area contributed by atoms with Crippen molar-refractivity contribution in [3.8, 4) is 0 Å². The fraction of sp³-hybridized carbons (Fsp3) is 0.688. The number of hydrogen-bond acceptors (Lipinski definition) is 5. The molecule has 0 saturated carbocycles.